The maximum atomic E-state index is 12.1. The van der Waals surface area contributed by atoms with Crippen molar-refractivity contribution in [3.63, 3.8) is 0 Å². The number of hydrogen-bond donors (Lipinski definition) is 0. The molecule has 0 atom stereocenters. The van der Waals surface area contributed by atoms with Crippen LogP contribution in [0.25, 0.3) is 0 Å². The Bertz CT molecular complexity index is 432. The fourth-order valence-corrected chi connectivity index (χ4v) is 1.44. The van der Waals surface area contributed by atoms with E-state index in [-0.39, 0.29) is 16.6 Å². The van der Waals surface area contributed by atoms with Gasteiger partial charge < -0.3 is 9.47 Å². The first kappa shape index (κ1) is 14.8. The fourth-order valence-electron chi connectivity index (χ4n) is 1.11. The van der Waals surface area contributed by atoms with Gasteiger partial charge in [0, 0.05) is 0 Å². The van der Waals surface area contributed by atoms with E-state index in [0.29, 0.717) is 6.42 Å². The number of esters is 1. The molecule has 100 valence electrons. The standard InChI is InChI=1S/C11H10BrF3O3/c1-2-5-17-10(16)7-3-4-8(12)9(6-7)18-11(13,14)15/h3-4,6H,2,5H2,1H3. The maximum Gasteiger partial charge on any atom is 0.573 e. The molecule has 0 spiro atoms. The Kier molecular flexibility index (Phi) is 5.01. The van der Waals surface area contributed by atoms with E-state index in [1.807, 2.05) is 6.92 Å². The van der Waals surface area contributed by atoms with E-state index in [4.69, 9.17) is 4.74 Å². The summed E-state index contributed by atoms with van der Waals surface area (Å²) in [5.74, 6) is -1.16. The van der Waals surface area contributed by atoms with Crippen molar-refractivity contribution in [3.05, 3.63) is 28.2 Å². The molecular weight excluding hydrogens is 317 g/mol. The third kappa shape index (κ3) is 4.56. The van der Waals surface area contributed by atoms with Crippen LogP contribution >= 0.6 is 15.9 Å². The summed E-state index contributed by atoms with van der Waals surface area (Å²) < 4.78 is 45.0. The summed E-state index contributed by atoms with van der Waals surface area (Å²) in [6, 6.07) is 3.63. The van der Waals surface area contributed by atoms with Crippen molar-refractivity contribution in [2.45, 2.75) is 19.7 Å². The number of carbonyl (C=O) groups excluding carboxylic acids is 1. The van der Waals surface area contributed by atoms with Gasteiger partial charge in [-0.2, -0.15) is 0 Å². The van der Waals surface area contributed by atoms with Crippen LogP contribution in [0.1, 0.15) is 23.7 Å². The van der Waals surface area contributed by atoms with Gasteiger partial charge in [-0.25, -0.2) is 4.79 Å². The Morgan fingerprint density at radius 1 is 1.39 bits per heavy atom. The predicted octanol–water partition coefficient (Wildman–Crippen LogP) is 3.91. The molecule has 1 aromatic rings. The van der Waals surface area contributed by atoms with Crippen molar-refractivity contribution >= 4 is 21.9 Å². The molecule has 0 aliphatic heterocycles. The lowest BCUT2D eigenvalue weighted by Gasteiger charge is -2.11. The molecule has 0 heterocycles. The van der Waals surface area contributed by atoms with Crippen molar-refractivity contribution < 1.29 is 27.4 Å². The zero-order chi connectivity index (χ0) is 13.8. The average molecular weight is 327 g/mol. The van der Waals surface area contributed by atoms with Gasteiger partial charge in [-0.3, -0.25) is 0 Å². The first-order valence-corrected chi connectivity index (χ1v) is 5.85. The number of ether oxygens (including phenoxy) is 2. The van der Waals surface area contributed by atoms with Crippen molar-refractivity contribution in [3.8, 4) is 5.75 Å². The fraction of sp³-hybridized carbons (Fsp3) is 0.364. The second-order valence-electron chi connectivity index (χ2n) is 3.33. The van der Waals surface area contributed by atoms with Gasteiger partial charge in [0.05, 0.1) is 16.6 Å². The second-order valence-corrected chi connectivity index (χ2v) is 4.18. The molecule has 0 aliphatic carbocycles. The summed E-state index contributed by atoms with van der Waals surface area (Å²) in [5, 5.41) is 0. The normalized spacial score (nSPS) is 11.2. The minimum Gasteiger partial charge on any atom is -0.462 e. The van der Waals surface area contributed by atoms with E-state index in [9.17, 15) is 18.0 Å². The van der Waals surface area contributed by atoms with Crippen LogP contribution in [0.4, 0.5) is 13.2 Å². The molecule has 0 bridgehead atoms. The predicted molar refractivity (Wildman–Crippen MR) is 61.4 cm³/mol. The number of carbonyl (C=O) groups is 1. The molecule has 7 heteroatoms. The molecule has 1 aromatic carbocycles. The van der Waals surface area contributed by atoms with Gasteiger partial charge in [0.1, 0.15) is 5.75 Å². The molecular formula is C11H10BrF3O3. The highest BCUT2D eigenvalue weighted by Gasteiger charge is 2.32. The number of alkyl halides is 3. The largest absolute Gasteiger partial charge is 0.573 e. The molecule has 0 aliphatic rings. The molecule has 0 aromatic heterocycles. The molecule has 0 N–H and O–H groups in total. The molecule has 0 fully saturated rings. The zero-order valence-corrected chi connectivity index (χ0v) is 11.0. The number of rotatable bonds is 4. The summed E-state index contributed by atoms with van der Waals surface area (Å²) in [6.45, 7) is 2.03. The highest BCUT2D eigenvalue weighted by molar-refractivity contribution is 9.10. The summed E-state index contributed by atoms with van der Waals surface area (Å²) in [7, 11) is 0. The van der Waals surface area contributed by atoms with Crippen LogP contribution in [0.15, 0.2) is 22.7 Å². The molecule has 1 rings (SSSR count). The van der Waals surface area contributed by atoms with E-state index in [1.165, 1.54) is 12.1 Å². The molecule has 0 unspecified atom stereocenters. The summed E-state index contributed by atoms with van der Waals surface area (Å²) in [5.41, 5.74) is 0.00546. The Balaban J connectivity index is 2.90. The first-order chi connectivity index (χ1) is 8.33. The van der Waals surface area contributed by atoms with Crippen molar-refractivity contribution in [2.75, 3.05) is 6.61 Å². The van der Waals surface area contributed by atoms with Crippen LogP contribution in [0.5, 0.6) is 5.75 Å². The molecule has 18 heavy (non-hydrogen) atoms. The van der Waals surface area contributed by atoms with Crippen LogP contribution in [0.2, 0.25) is 0 Å². The summed E-state index contributed by atoms with van der Waals surface area (Å²) in [4.78, 5) is 11.5. The lowest BCUT2D eigenvalue weighted by Crippen LogP contribution is -2.18. The van der Waals surface area contributed by atoms with Gasteiger partial charge in [0.25, 0.3) is 0 Å². The first-order valence-electron chi connectivity index (χ1n) is 5.06. The van der Waals surface area contributed by atoms with Crippen molar-refractivity contribution in [1.82, 2.24) is 0 Å². The van der Waals surface area contributed by atoms with Gasteiger partial charge in [-0.15, -0.1) is 13.2 Å². The van der Waals surface area contributed by atoms with Crippen LogP contribution in [-0.2, 0) is 4.74 Å². The topological polar surface area (TPSA) is 35.5 Å². The Morgan fingerprint density at radius 2 is 2.06 bits per heavy atom. The molecule has 0 saturated heterocycles. The van der Waals surface area contributed by atoms with E-state index in [2.05, 4.69) is 20.7 Å². The van der Waals surface area contributed by atoms with E-state index >= 15 is 0 Å². The monoisotopic (exact) mass is 326 g/mol. The Labute approximate surface area is 110 Å². The smallest absolute Gasteiger partial charge is 0.462 e. The van der Waals surface area contributed by atoms with Gasteiger partial charge in [-0.05, 0) is 40.5 Å². The van der Waals surface area contributed by atoms with Gasteiger partial charge in [0.15, 0.2) is 0 Å². The minimum absolute atomic E-state index is 0.00546. The van der Waals surface area contributed by atoms with Crippen LogP contribution < -0.4 is 4.74 Å². The van der Waals surface area contributed by atoms with E-state index < -0.39 is 18.1 Å². The van der Waals surface area contributed by atoms with Crippen LogP contribution in [-0.4, -0.2) is 18.9 Å². The zero-order valence-electron chi connectivity index (χ0n) is 9.38. The molecule has 0 radical (unpaired) electrons. The van der Waals surface area contributed by atoms with Gasteiger partial charge >= 0.3 is 12.3 Å². The molecule has 3 nitrogen and oxygen atoms in total. The number of hydrogen-bond acceptors (Lipinski definition) is 3. The van der Waals surface area contributed by atoms with Crippen LogP contribution in [0.3, 0.4) is 0 Å². The Hall–Kier alpha value is -1.24. The summed E-state index contributed by atoms with van der Waals surface area (Å²) >= 11 is 2.91. The highest BCUT2D eigenvalue weighted by atomic mass is 79.9. The van der Waals surface area contributed by atoms with Gasteiger partial charge in [-0.1, -0.05) is 6.92 Å². The SMILES string of the molecule is CCCOC(=O)c1ccc(Br)c(OC(F)(F)F)c1. The minimum atomic E-state index is -4.81. The third-order valence-electron chi connectivity index (χ3n) is 1.83. The highest BCUT2D eigenvalue weighted by Crippen LogP contribution is 2.31. The Morgan fingerprint density at radius 3 is 2.61 bits per heavy atom. The summed E-state index contributed by atoms with van der Waals surface area (Å²) in [6.07, 6.45) is -4.18. The van der Waals surface area contributed by atoms with Crippen LogP contribution in [0, 0.1) is 0 Å². The van der Waals surface area contributed by atoms with E-state index in [1.54, 1.807) is 0 Å². The number of halogens is 4. The lowest BCUT2D eigenvalue weighted by molar-refractivity contribution is -0.274. The molecule has 0 amide bonds. The second kappa shape index (κ2) is 6.08. The quantitative estimate of drug-likeness (QED) is 0.787. The third-order valence-corrected chi connectivity index (χ3v) is 2.48. The van der Waals surface area contributed by atoms with E-state index in [0.717, 1.165) is 6.07 Å². The van der Waals surface area contributed by atoms with Crippen molar-refractivity contribution in [2.24, 2.45) is 0 Å². The maximum absolute atomic E-state index is 12.1. The molecule has 0 saturated carbocycles. The lowest BCUT2D eigenvalue weighted by atomic mass is 10.2. The number of benzene rings is 1. The van der Waals surface area contributed by atoms with Crippen molar-refractivity contribution in [1.29, 1.82) is 0 Å². The van der Waals surface area contributed by atoms with Gasteiger partial charge in [0.2, 0.25) is 0 Å². The average Bonchev–Trinajstić information content (AvgIpc) is 2.27.